The van der Waals surface area contributed by atoms with Gasteiger partial charge in [-0.1, -0.05) is 30.7 Å². The van der Waals surface area contributed by atoms with Crippen molar-refractivity contribution in [2.75, 3.05) is 12.4 Å². The third-order valence-electron chi connectivity index (χ3n) is 3.47. The van der Waals surface area contributed by atoms with E-state index in [0.29, 0.717) is 15.6 Å². The molecule has 0 radical (unpaired) electrons. The molecule has 7 heteroatoms. The highest BCUT2D eigenvalue weighted by molar-refractivity contribution is 7.16. The first-order chi connectivity index (χ1) is 11.4. The Kier molecular flexibility index (Phi) is 6.23. The molecule has 5 nitrogen and oxygen atoms in total. The van der Waals surface area contributed by atoms with E-state index in [4.69, 9.17) is 16.3 Å². The van der Waals surface area contributed by atoms with Gasteiger partial charge in [0, 0.05) is 9.90 Å². The van der Waals surface area contributed by atoms with Crippen LogP contribution in [0.25, 0.3) is 0 Å². The van der Waals surface area contributed by atoms with Crippen molar-refractivity contribution in [2.45, 2.75) is 26.3 Å². The van der Waals surface area contributed by atoms with Crippen LogP contribution in [0.3, 0.4) is 0 Å². The van der Waals surface area contributed by atoms with E-state index in [2.05, 4.69) is 10.6 Å². The second kappa shape index (κ2) is 8.17. The summed E-state index contributed by atoms with van der Waals surface area (Å²) in [5.41, 5.74) is 1.32. The summed E-state index contributed by atoms with van der Waals surface area (Å²) in [4.78, 5) is 25.0. The Balaban J connectivity index is 2.09. The maximum Gasteiger partial charge on any atom is 0.340 e. The lowest BCUT2D eigenvalue weighted by Gasteiger charge is -2.18. The van der Waals surface area contributed by atoms with Crippen molar-refractivity contribution in [1.29, 1.82) is 0 Å². The zero-order chi connectivity index (χ0) is 17.7. The van der Waals surface area contributed by atoms with Crippen LogP contribution in [0.4, 0.5) is 9.80 Å². The molecule has 128 valence electrons. The molecule has 24 heavy (non-hydrogen) atoms. The molecule has 0 saturated carbocycles. The van der Waals surface area contributed by atoms with Crippen LogP contribution < -0.4 is 10.6 Å². The Morgan fingerprint density at radius 3 is 2.54 bits per heavy atom. The molecule has 0 saturated heterocycles. The van der Waals surface area contributed by atoms with Crippen LogP contribution in [0.1, 0.15) is 40.2 Å². The Bertz CT molecular complexity index is 728. The van der Waals surface area contributed by atoms with Gasteiger partial charge < -0.3 is 10.1 Å². The van der Waals surface area contributed by atoms with E-state index in [0.717, 1.165) is 16.9 Å². The van der Waals surface area contributed by atoms with Gasteiger partial charge in [0.1, 0.15) is 5.00 Å². The number of benzene rings is 1. The molecule has 0 aliphatic rings. The summed E-state index contributed by atoms with van der Waals surface area (Å²) in [6, 6.07) is 8.52. The standard InChI is InChI=1S/C17H19ClN2O3S/c1-4-14(11-5-7-12(18)8-6-11)19-17(22)20-15-13(16(21)23-3)9-10(2)24-15/h5-9,14H,4H2,1-3H3,(H2,19,20,22). The lowest BCUT2D eigenvalue weighted by Crippen LogP contribution is -2.32. The van der Waals surface area contributed by atoms with E-state index < -0.39 is 5.97 Å². The van der Waals surface area contributed by atoms with Gasteiger partial charge in [0.05, 0.1) is 18.7 Å². The molecule has 2 amide bonds. The molecule has 2 N–H and O–H groups in total. The number of carbonyl (C=O) groups is 2. The van der Waals surface area contributed by atoms with Gasteiger partial charge >= 0.3 is 12.0 Å². The number of aryl methyl sites for hydroxylation is 1. The number of thiophene rings is 1. The molecule has 1 aromatic heterocycles. The van der Waals surface area contributed by atoms with E-state index in [1.165, 1.54) is 18.4 Å². The highest BCUT2D eigenvalue weighted by Crippen LogP contribution is 2.28. The molecule has 1 aromatic carbocycles. The van der Waals surface area contributed by atoms with Crippen LogP contribution in [0, 0.1) is 6.92 Å². The molecule has 2 rings (SSSR count). The van der Waals surface area contributed by atoms with Gasteiger partial charge in [-0.2, -0.15) is 0 Å². The fraction of sp³-hybridized carbons (Fsp3) is 0.294. The van der Waals surface area contributed by atoms with Crippen molar-refractivity contribution < 1.29 is 14.3 Å². The van der Waals surface area contributed by atoms with Crippen molar-refractivity contribution >= 4 is 39.9 Å². The van der Waals surface area contributed by atoms with Gasteiger partial charge in [-0.05, 0) is 37.1 Å². The molecule has 2 aromatic rings. The van der Waals surface area contributed by atoms with Crippen molar-refractivity contribution in [2.24, 2.45) is 0 Å². The number of hydrogen-bond donors (Lipinski definition) is 2. The lowest BCUT2D eigenvalue weighted by atomic mass is 10.1. The quantitative estimate of drug-likeness (QED) is 0.749. The molecule has 0 bridgehead atoms. The summed E-state index contributed by atoms with van der Waals surface area (Å²) in [6.07, 6.45) is 0.725. The molecule has 1 heterocycles. The fourth-order valence-electron chi connectivity index (χ4n) is 2.28. The zero-order valence-electron chi connectivity index (χ0n) is 13.7. The number of methoxy groups -OCH3 is 1. The molecule has 0 aliphatic heterocycles. The van der Waals surface area contributed by atoms with E-state index in [9.17, 15) is 9.59 Å². The zero-order valence-corrected chi connectivity index (χ0v) is 15.3. The largest absolute Gasteiger partial charge is 0.465 e. The highest BCUT2D eigenvalue weighted by atomic mass is 35.5. The van der Waals surface area contributed by atoms with E-state index in [1.807, 2.05) is 26.0 Å². The number of urea groups is 1. The summed E-state index contributed by atoms with van der Waals surface area (Å²) >= 11 is 7.22. The first-order valence-electron chi connectivity index (χ1n) is 7.46. The Morgan fingerprint density at radius 1 is 1.29 bits per heavy atom. The number of ether oxygens (including phenoxy) is 1. The highest BCUT2D eigenvalue weighted by Gasteiger charge is 2.19. The summed E-state index contributed by atoms with van der Waals surface area (Å²) in [5, 5.41) is 6.76. The summed E-state index contributed by atoms with van der Waals surface area (Å²) in [6.45, 7) is 3.84. The van der Waals surface area contributed by atoms with E-state index in [1.54, 1.807) is 18.2 Å². The summed E-state index contributed by atoms with van der Waals surface area (Å²) in [5.74, 6) is -0.473. The Labute approximate surface area is 150 Å². The van der Waals surface area contributed by atoms with Crippen LogP contribution in [0.15, 0.2) is 30.3 Å². The minimum absolute atomic E-state index is 0.148. The van der Waals surface area contributed by atoms with Crippen LogP contribution in [0.5, 0.6) is 0 Å². The second-order valence-corrected chi connectivity index (χ2v) is 6.90. The van der Waals surface area contributed by atoms with Gasteiger partial charge in [0.15, 0.2) is 0 Å². The number of amides is 2. The number of rotatable bonds is 5. The predicted molar refractivity (Wildman–Crippen MR) is 97.0 cm³/mol. The average molecular weight is 367 g/mol. The van der Waals surface area contributed by atoms with Gasteiger partial charge in [-0.15, -0.1) is 11.3 Å². The fourth-order valence-corrected chi connectivity index (χ4v) is 3.30. The third-order valence-corrected chi connectivity index (χ3v) is 4.69. The number of anilines is 1. The molecule has 1 atom stereocenters. The van der Waals surface area contributed by atoms with Crippen molar-refractivity contribution in [1.82, 2.24) is 5.32 Å². The second-order valence-electron chi connectivity index (χ2n) is 5.20. The number of hydrogen-bond acceptors (Lipinski definition) is 4. The maximum absolute atomic E-state index is 12.3. The summed E-state index contributed by atoms with van der Waals surface area (Å²) in [7, 11) is 1.31. The first-order valence-corrected chi connectivity index (χ1v) is 8.65. The normalized spacial score (nSPS) is 11.7. The Morgan fingerprint density at radius 2 is 1.96 bits per heavy atom. The maximum atomic E-state index is 12.3. The predicted octanol–water partition coefficient (Wildman–Crippen LogP) is 4.77. The van der Waals surface area contributed by atoms with Crippen LogP contribution >= 0.6 is 22.9 Å². The monoisotopic (exact) mass is 366 g/mol. The van der Waals surface area contributed by atoms with Gasteiger partial charge in [0.2, 0.25) is 0 Å². The Hall–Kier alpha value is -2.05. The topological polar surface area (TPSA) is 67.4 Å². The molecular weight excluding hydrogens is 348 g/mol. The minimum Gasteiger partial charge on any atom is -0.465 e. The SMILES string of the molecule is CCC(NC(=O)Nc1sc(C)cc1C(=O)OC)c1ccc(Cl)cc1. The molecule has 0 spiro atoms. The van der Waals surface area contributed by atoms with Gasteiger partial charge in [-0.25, -0.2) is 9.59 Å². The molecule has 1 unspecified atom stereocenters. The number of esters is 1. The van der Waals surface area contributed by atoms with E-state index >= 15 is 0 Å². The van der Waals surface area contributed by atoms with Crippen LogP contribution in [-0.4, -0.2) is 19.1 Å². The first kappa shape index (κ1) is 18.3. The van der Waals surface area contributed by atoms with Gasteiger partial charge in [-0.3, -0.25) is 5.32 Å². The third kappa shape index (κ3) is 4.49. The van der Waals surface area contributed by atoms with Crippen molar-refractivity contribution in [3.8, 4) is 0 Å². The van der Waals surface area contributed by atoms with Crippen molar-refractivity contribution in [3.63, 3.8) is 0 Å². The number of carbonyl (C=O) groups excluding carboxylic acids is 2. The minimum atomic E-state index is -0.473. The van der Waals surface area contributed by atoms with Crippen molar-refractivity contribution in [3.05, 3.63) is 51.4 Å². The lowest BCUT2D eigenvalue weighted by molar-refractivity contribution is 0.0602. The number of halogens is 1. The van der Waals surface area contributed by atoms with E-state index in [-0.39, 0.29) is 12.1 Å². The average Bonchev–Trinajstić information content (AvgIpc) is 2.93. The van der Waals surface area contributed by atoms with Gasteiger partial charge in [0.25, 0.3) is 0 Å². The van der Waals surface area contributed by atoms with Crippen LogP contribution in [-0.2, 0) is 4.74 Å². The smallest absolute Gasteiger partial charge is 0.340 e. The number of nitrogens with one attached hydrogen (secondary N) is 2. The molecule has 0 aliphatic carbocycles. The molecule has 0 fully saturated rings. The molecular formula is C17H19ClN2O3S. The van der Waals surface area contributed by atoms with Crippen LogP contribution in [0.2, 0.25) is 5.02 Å². The summed E-state index contributed by atoms with van der Waals surface area (Å²) < 4.78 is 4.74.